The number of amides is 1. The van der Waals surface area contributed by atoms with Crippen LogP contribution in [0.1, 0.15) is 45.2 Å². The van der Waals surface area contributed by atoms with Crippen LogP contribution in [0.25, 0.3) is 0 Å². The highest BCUT2D eigenvalue weighted by molar-refractivity contribution is 5.81. The molecule has 1 heterocycles. The second-order valence-corrected chi connectivity index (χ2v) is 7.22. The van der Waals surface area contributed by atoms with E-state index in [1.807, 2.05) is 25.7 Å². The monoisotopic (exact) mass is 374 g/mol. The van der Waals surface area contributed by atoms with Crippen LogP contribution >= 0.6 is 0 Å². The fourth-order valence-electron chi connectivity index (χ4n) is 3.09. The Labute approximate surface area is 163 Å². The van der Waals surface area contributed by atoms with Gasteiger partial charge in [0.25, 0.3) is 0 Å². The van der Waals surface area contributed by atoms with Crippen LogP contribution < -0.4 is 10.6 Å². The van der Waals surface area contributed by atoms with Gasteiger partial charge in [0.2, 0.25) is 5.91 Å². The lowest BCUT2D eigenvalue weighted by Crippen LogP contribution is -2.45. The predicted molar refractivity (Wildman–Crippen MR) is 110 cm³/mol. The lowest BCUT2D eigenvalue weighted by molar-refractivity contribution is -0.133. The third-order valence-electron chi connectivity index (χ3n) is 4.59. The molecule has 1 unspecified atom stereocenters. The Morgan fingerprint density at radius 2 is 1.96 bits per heavy atom. The van der Waals surface area contributed by atoms with Crippen LogP contribution in [0.2, 0.25) is 0 Å². The summed E-state index contributed by atoms with van der Waals surface area (Å²) in [4.78, 5) is 18.8. The number of hydrogen-bond donors (Lipinski definition) is 2. The maximum Gasteiger partial charge on any atom is 0.225 e. The molecule has 1 aliphatic heterocycles. The number of carbonyl (C=O) groups is 1. The summed E-state index contributed by atoms with van der Waals surface area (Å²) in [6.07, 6.45) is 0.953. The molecule has 1 aromatic carbocycles. The zero-order chi connectivity index (χ0) is 19.6. The van der Waals surface area contributed by atoms with Crippen LogP contribution in [-0.2, 0) is 22.7 Å². The van der Waals surface area contributed by atoms with Crippen LogP contribution in [-0.4, -0.2) is 49.0 Å². The predicted octanol–water partition coefficient (Wildman–Crippen LogP) is 2.54. The molecule has 0 spiro atoms. The van der Waals surface area contributed by atoms with E-state index in [9.17, 15) is 4.79 Å². The van der Waals surface area contributed by atoms with Crippen molar-refractivity contribution in [3.8, 4) is 0 Å². The number of benzene rings is 1. The van der Waals surface area contributed by atoms with Crippen molar-refractivity contribution in [1.82, 2.24) is 15.5 Å². The van der Waals surface area contributed by atoms with Gasteiger partial charge in [0.1, 0.15) is 0 Å². The molecule has 1 amide bonds. The van der Waals surface area contributed by atoms with Crippen LogP contribution in [0, 0.1) is 5.92 Å². The lowest BCUT2D eigenvalue weighted by atomic mass is 10.1. The van der Waals surface area contributed by atoms with Crippen LogP contribution in [0.4, 0.5) is 0 Å². The quantitative estimate of drug-likeness (QED) is 0.542. The lowest BCUT2D eigenvalue weighted by Gasteiger charge is -2.20. The number of hydrogen-bond acceptors (Lipinski definition) is 3. The number of ether oxygens (including phenoxy) is 1. The Hall–Kier alpha value is -2.08. The fraction of sp³-hybridized carbons (Fsp3) is 0.619. The van der Waals surface area contributed by atoms with Gasteiger partial charge < -0.3 is 20.3 Å². The molecule has 1 aliphatic rings. The van der Waals surface area contributed by atoms with Crippen molar-refractivity contribution in [3.63, 3.8) is 0 Å². The molecule has 0 aliphatic carbocycles. The van der Waals surface area contributed by atoms with E-state index in [1.54, 1.807) is 0 Å². The number of likely N-dealkylation sites (tertiary alicyclic amines) is 1. The van der Waals surface area contributed by atoms with E-state index in [2.05, 4.69) is 41.8 Å². The summed E-state index contributed by atoms with van der Waals surface area (Å²) in [6.45, 7) is 12.3. The zero-order valence-electron chi connectivity index (χ0n) is 17.1. The Morgan fingerprint density at radius 3 is 2.59 bits per heavy atom. The van der Waals surface area contributed by atoms with Crippen LogP contribution in [0.5, 0.6) is 0 Å². The van der Waals surface area contributed by atoms with Gasteiger partial charge in [-0.05, 0) is 31.4 Å². The molecule has 0 saturated carbocycles. The van der Waals surface area contributed by atoms with E-state index in [4.69, 9.17) is 9.73 Å². The van der Waals surface area contributed by atoms with Crippen molar-refractivity contribution in [1.29, 1.82) is 0 Å². The van der Waals surface area contributed by atoms with Crippen molar-refractivity contribution >= 4 is 11.9 Å². The summed E-state index contributed by atoms with van der Waals surface area (Å²) in [7, 11) is 0. The largest absolute Gasteiger partial charge is 0.377 e. The van der Waals surface area contributed by atoms with Gasteiger partial charge >= 0.3 is 0 Å². The molecule has 27 heavy (non-hydrogen) atoms. The van der Waals surface area contributed by atoms with Crippen molar-refractivity contribution in [2.45, 2.75) is 53.3 Å². The minimum absolute atomic E-state index is 0.0522. The fourth-order valence-corrected chi connectivity index (χ4v) is 3.09. The maximum absolute atomic E-state index is 12.1. The highest BCUT2D eigenvalue weighted by atomic mass is 16.5. The second kappa shape index (κ2) is 10.9. The molecule has 0 bridgehead atoms. The summed E-state index contributed by atoms with van der Waals surface area (Å²) in [5.41, 5.74) is 2.34. The average Bonchev–Trinajstić information content (AvgIpc) is 3.13. The van der Waals surface area contributed by atoms with Gasteiger partial charge in [0.15, 0.2) is 5.96 Å². The van der Waals surface area contributed by atoms with Gasteiger partial charge in [0, 0.05) is 38.2 Å². The first-order chi connectivity index (χ1) is 13.0. The van der Waals surface area contributed by atoms with Gasteiger partial charge in [-0.2, -0.15) is 0 Å². The Morgan fingerprint density at radius 1 is 1.26 bits per heavy atom. The smallest absolute Gasteiger partial charge is 0.225 e. The second-order valence-electron chi connectivity index (χ2n) is 7.22. The van der Waals surface area contributed by atoms with E-state index in [0.29, 0.717) is 13.2 Å². The minimum atomic E-state index is 0.0522. The first-order valence-electron chi connectivity index (χ1n) is 10.0. The summed E-state index contributed by atoms with van der Waals surface area (Å²) < 4.78 is 5.43. The topological polar surface area (TPSA) is 66.0 Å². The molecule has 1 atom stereocenters. The SMILES string of the molecule is CCNC(=NCc1ccc(COCC)cc1)NC1CCN(C(=O)C(C)C)C1. The van der Waals surface area contributed by atoms with Crippen molar-refractivity contribution in [2.24, 2.45) is 10.9 Å². The molecule has 2 rings (SSSR count). The van der Waals surface area contributed by atoms with E-state index in [1.165, 1.54) is 5.56 Å². The average molecular weight is 375 g/mol. The molecule has 1 saturated heterocycles. The molecule has 6 heteroatoms. The molecule has 1 aromatic rings. The van der Waals surface area contributed by atoms with E-state index >= 15 is 0 Å². The Balaban J connectivity index is 1.89. The van der Waals surface area contributed by atoms with Gasteiger partial charge in [-0.1, -0.05) is 38.1 Å². The van der Waals surface area contributed by atoms with Gasteiger partial charge in [-0.3, -0.25) is 4.79 Å². The number of aliphatic imine (C=N–C) groups is 1. The number of rotatable bonds is 8. The van der Waals surface area contributed by atoms with E-state index in [0.717, 1.165) is 44.2 Å². The molecule has 6 nitrogen and oxygen atoms in total. The Kier molecular flexibility index (Phi) is 8.58. The zero-order valence-corrected chi connectivity index (χ0v) is 17.1. The normalized spacial score (nSPS) is 17.4. The first-order valence-corrected chi connectivity index (χ1v) is 10.0. The summed E-state index contributed by atoms with van der Waals surface area (Å²) in [6, 6.07) is 8.62. The van der Waals surface area contributed by atoms with Crippen LogP contribution in [0.15, 0.2) is 29.3 Å². The Bertz CT molecular complexity index is 613. The number of nitrogens with zero attached hydrogens (tertiary/aromatic N) is 2. The third kappa shape index (κ3) is 6.86. The van der Waals surface area contributed by atoms with Crippen molar-refractivity contribution < 1.29 is 9.53 Å². The van der Waals surface area contributed by atoms with Gasteiger partial charge in [-0.15, -0.1) is 0 Å². The van der Waals surface area contributed by atoms with Crippen molar-refractivity contribution in [2.75, 3.05) is 26.2 Å². The minimum Gasteiger partial charge on any atom is -0.377 e. The van der Waals surface area contributed by atoms with Gasteiger partial charge in [-0.25, -0.2) is 4.99 Å². The van der Waals surface area contributed by atoms with E-state index < -0.39 is 0 Å². The third-order valence-corrected chi connectivity index (χ3v) is 4.59. The maximum atomic E-state index is 12.1. The molecule has 150 valence electrons. The number of guanidine groups is 1. The summed E-state index contributed by atoms with van der Waals surface area (Å²) >= 11 is 0. The summed E-state index contributed by atoms with van der Waals surface area (Å²) in [5.74, 6) is 1.09. The van der Waals surface area contributed by atoms with E-state index in [-0.39, 0.29) is 17.9 Å². The standard InChI is InChI=1S/C21H34N4O2/c1-5-22-21(24-19-11-12-25(14-19)20(26)16(3)4)23-13-17-7-9-18(10-8-17)15-27-6-2/h7-10,16,19H,5-6,11-15H2,1-4H3,(H2,22,23,24). The molecule has 0 aromatic heterocycles. The number of nitrogens with one attached hydrogen (secondary N) is 2. The highest BCUT2D eigenvalue weighted by Gasteiger charge is 2.27. The van der Waals surface area contributed by atoms with Gasteiger partial charge in [0.05, 0.1) is 13.2 Å². The first kappa shape index (κ1) is 21.2. The molecule has 2 N–H and O–H groups in total. The molecular weight excluding hydrogens is 340 g/mol. The summed E-state index contributed by atoms with van der Waals surface area (Å²) in [5, 5.41) is 6.78. The number of carbonyl (C=O) groups excluding carboxylic acids is 1. The van der Waals surface area contributed by atoms with Crippen molar-refractivity contribution in [3.05, 3.63) is 35.4 Å². The molecule has 0 radical (unpaired) electrons. The van der Waals surface area contributed by atoms with Crippen LogP contribution in [0.3, 0.4) is 0 Å². The highest BCUT2D eigenvalue weighted by Crippen LogP contribution is 2.13. The molecular formula is C21H34N4O2. The molecule has 1 fully saturated rings.